The molecule has 0 amide bonds. The molecule has 0 saturated heterocycles. The molecular weight excluding hydrogens is 347 g/mol. The summed E-state index contributed by atoms with van der Waals surface area (Å²) in [6.45, 7) is 0.257. The standard InChI is InChI=1S/C20H19FN4O2/c1-26-17-9-7-16(8-10-17)25-20(22)24-13-14-4-3-11-23-19(14)27-18-6-2-5-15(21)12-18/h2-12H,13H2,1H3,(H3,22,24,25). The third-order valence-corrected chi connectivity index (χ3v) is 3.64. The average Bonchev–Trinajstić information content (AvgIpc) is 2.68. The van der Waals surface area contributed by atoms with Gasteiger partial charge in [0, 0.05) is 23.5 Å². The molecule has 3 aromatic rings. The van der Waals surface area contributed by atoms with Gasteiger partial charge in [-0.05, 0) is 42.5 Å². The maximum atomic E-state index is 13.3. The number of aromatic nitrogens is 1. The smallest absolute Gasteiger partial charge is 0.224 e. The quantitative estimate of drug-likeness (QED) is 0.510. The number of benzene rings is 2. The van der Waals surface area contributed by atoms with E-state index < -0.39 is 0 Å². The van der Waals surface area contributed by atoms with Crippen LogP contribution in [0.25, 0.3) is 0 Å². The maximum absolute atomic E-state index is 13.3. The predicted octanol–water partition coefficient (Wildman–Crippen LogP) is 3.95. The van der Waals surface area contributed by atoms with Crippen LogP contribution in [0.3, 0.4) is 0 Å². The van der Waals surface area contributed by atoms with Crippen molar-refractivity contribution in [2.75, 3.05) is 12.4 Å². The third kappa shape index (κ3) is 5.18. The third-order valence-electron chi connectivity index (χ3n) is 3.64. The van der Waals surface area contributed by atoms with E-state index in [0.29, 0.717) is 11.6 Å². The number of hydrogen-bond donors (Lipinski definition) is 2. The summed E-state index contributed by atoms with van der Waals surface area (Å²) in [6.07, 6.45) is 1.60. The summed E-state index contributed by atoms with van der Waals surface area (Å²) in [5.41, 5.74) is 7.46. The monoisotopic (exact) mass is 366 g/mol. The van der Waals surface area contributed by atoms with E-state index in [2.05, 4.69) is 15.3 Å². The van der Waals surface area contributed by atoms with Gasteiger partial charge in [0.1, 0.15) is 17.3 Å². The predicted molar refractivity (Wildman–Crippen MR) is 103 cm³/mol. The number of methoxy groups -OCH3 is 1. The molecule has 0 radical (unpaired) electrons. The van der Waals surface area contributed by atoms with Crippen molar-refractivity contribution >= 4 is 11.6 Å². The topological polar surface area (TPSA) is 81.8 Å². The Morgan fingerprint density at radius 2 is 1.93 bits per heavy atom. The molecule has 138 valence electrons. The number of guanidine groups is 1. The van der Waals surface area contributed by atoms with Crippen molar-refractivity contribution in [2.45, 2.75) is 6.54 Å². The minimum atomic E-state index is -0.379. The first kappa shape index (κ1) is 18.2. The van der Waals surface area contributed by atoms with Crippen molar-refractivity contribution < 1.29 is 13.9 Å². The van der Waals surface area contributed by atoms with Crippen molar-refractivity contribution in [3.05, 3.63) is 78.2 Å². The Morgan fingerprint density at radius 1 is 1.11 bits per heavy atom. The lowest BCUT2D eigenvalue weighted by molar-refractivity contribution is 0.415. The van der Waals surface area contributed by atoms with Crippen LogP contribution < -0.4 is 20.5 Å². The van der Waals surface area contributed by atoms with Gasteiger partial charge in [0.25, 0.3) is 0 Å². The molecule has 0 aliphatic rings. The van der Waals surface area contributed by atoms with Gasteiger partial charge in [-0.15, -0.1) is 0 Å². The fraction of sp³-hybridized carbons (Fsp3) is 0.100. The molecule has 0 saturated carbocycles. The molecule has 27 heavy (non-hydrogen) atoms. The minimum Gasteiger partial charge on any atom is -0.497 e. The van der Waals surface area contributed by atoms with E-state index in [0.717, 1.165) is 17.0 Å². The molecule has 1 heterocycles. The van der Waals surface area contributed by atoms with E-state index in [4.69, 9.17) is 15.2 Å². The van der Waals surface area contributed by atoms with E-state index >= 15 is 0 Å². The summed E-state index contributed by atoms with van der Waals surface area (Å²) in [4.78, 5) is 8.51. The molecule has 3 N–H and O–H groups in total. The van der Waals surface area contributed by atoms with Crippen molar-refractivity contribution in [1.82, 2.24) is 4.98 Å². The summed E-state index contributed by atoms with van der Waals surface area (Å²) in [5.74, 6) is 1.34. The number of ether oxygens (including phenoxy) is 2. The van der Waals surface area contributed by atoms with Gasteiger partial charge in [0.15, 0.2) is 5.96 Å². The van der Waals surface area contributed by atoms with Crippen LogP contribution >= 0.6 is 0 Å². The van der Waals surface area contributed by atoms with Gasteiger partial charge in [0.2, 0.25) is 5.88 Å². The molecular formula is C20H19FN4O2. The fourth-order valence-electron chi connectivity index (χ4n) is 2.31. The number of nitrogens with one attached hydrogen (secondary N) is 1. The van der Waals surface area contributed by atoms with Crippen LogP contribution in [0.1, 0.15) is 5.56 Å². The number of nitrogens with zero attached hydrogens (tertiary/aromatic N) is 2. The van der Waals surface area contributed by atoms with Crippen LogP contribution in [0.2, 0.25) is 0 Å². The van der Waals surface area contributed by atoms with E-state index in [1.54, 1.807) is 31.5 Å². The van der Waals surface area contributed by atoms with Crippen LogP contribution in [0.4, 0.5) is 10.1 Å². The molecule has 0 bridgehead atoms. The van der Waals surface area contributed by atoms with Gasteiger partial charge in [-0.3, -0.25) is 0 Å². The van der Waals surface area contributed by atoms with Crippen molar-refractivity contribution in [3.63, 3.8) is 0 Å². The highest BCUT2D eigenvalue weighted by Crippen LogP contribution is 2.24. The number of halogens is 1. The van der Waals surface area contributed by atoms with Crippen LogP contribution in [0, 0.1) is 5.82 Å². The number of aliphatic imine (C=N–C) groups is 1. The molecule has 1 aromatic heterocycles. The highest BCUT2D eigenvalue weighted by atomic mass is 19.1. The van der Waals surface area contributed by atoms with Crippen LogP contribution in [0.5, 0.6) is 17.4 Å². The van der Waals surface area contributed by atoms with Gasteiger partial charge in [-0.2, -0.15) is 0 Å². The summed E-state index contributed by atoms with van der Waals surface area (Å²) in [5, 5.41) is 3.00. The second kappa shape index (κ2) is 8.66. The molecule has 0 aliphatic heterocycles. The van der Waals surface area contributed by atoms with Crippen molar-refractivity contribution in [3.8, 4) is 17.4 Å². The van der Waals surface area contributed by atoms with Crippen LogP contribution in [-0.4, -0.2) is 18.1 Å². The van der Waals surface area contributed by atoms with Gasteiger partial charge < -0.3 is 20.5 Å². The zero-order valence-corrected chi connectivity index (χ0v) is 14.7. The average molecular weight is 366 g/mol. The highest BCUT2D eigenvalue weighted by molar-refractivity contribution is 5.92. The Hall–Kier alpha value is -3.61. The number of anilines is 1. The lowest BCUT2D eigenvalue weighted by Gasteiger charge is -2.09. The van der Waals surface area contributed by atoms with Gasteiger partial charge in [-0.1, -0.05) is 12.1 Å². The van der Waals surface area contributed by atoms with E-state index in [-0.39, 0.29) is 18.3 Å². The number of hydrogen-bond acceptors (Lipinski definition) is 4. The Bertz CT molecular complexity index is 929. The molecule has 0 unspecified atom stereocenters. The second-order valence-corrected chi connectivity index (χ2v) is 5.58. The Morgan fingerprint density at radius 3 is 2.67 bits per heavy atom. The first-order valence-electron chi connectivity index (χ1n) is 8.22. The number of rotatable bonds is 6. The first-order valence-corrected chi connectivity index (χ1v) is 8.22. The summed E-state index contributed by atoms with van der Waals surface area (Å²) < 4.78 is 24.1. The fourth-order valence-corrected chi connectivity index (χ4v) is 2.31. The zero-order chi connectivity index (χ0) is 19.1. The minimum absolute atomic E-state index is 0.251. The second-order valence-electron chi connectivity index (χ2n) is 5.58. The molecule has 3 rings (SSSR count). The summed E-state index contributed by atoms with van der Waals surface area (Å²) >= 11 is 0. The maximum Gasteiger partial charge on any atom is 0.224 e. The normalized spacial score (nSPS) is 11.1. The lowest BCUT2D eigenvalue weighted by atomic mass is 10.2. The summed E-state index contributed by atoms with van der Waals surface area (Å²) in [7, 11) is 1.61. The van der Waals surface area contributed by atoms with Crippen molar-refractivity contribution in [2.24, 2.45) is 10.7 Å². The van der Waals surface area contributed by atoms with Crippen LogP contribution in [-0.2, 0) is 6.54 Å². The van der Waals surface area contributed by atoms with Crippen molar-refractivity contribution in [1.29, 1.82) is 0 Å². The van der Waals surface area contributed by atoms with E-state index in [1.807, 2.05) is 30.3 Å². The molecule has 6 nitrogen and oxygen atoms in total. The molecule has 0 fully saturated rings. The SMILES string of the molecule is COc1ccc(NC(N)=NCc2cccnc2Oc2cccc(F)c2)cc1. The van der Waals surface area contributed by atoms with E-state index in [1.165, 1.54) is 12.1 Å². The Labute approximate surface area is 156 Å². The molecule has 0 atom stereocenters. The lowest BCUT2D eigenvalue weighted by Crippen LogP contribution is -2.22. The van der Waals surface area contributed by atoms with E-state index in [9.17, 15) is 4.39 Å². The highest BCUT2D eigenvalue weighted by Gasteiger charge is 2.07. The molecule has 7 heteroatoms. The first-order chi connectivity index (χ1) is 13.1. The van der Waals surface area contributed by atoms with Gasteiger partial charge in [0.05, 0.1) is 13.7 Å². The van der Waals surface area contributed by atoms with Gasteiger partial charge >= 0.3 is 0 Å². The Balaban J connectivity index is 1.68. The zero-order valence-electron chi connectivity index (χ0n) is 14.7. The van der Waals surface area contributed by atoms with Crippen LogP contribution in [0.15, 0.2) is 71.9 Å². The largest absolute Gasteiger partial charge is 0.497 e. The van der Waals surface area contributed by atoms with Gasteiger partial charge in [-0.25, -0.2) is 14.4 Å². The molecule has 0 spiro atoms. The molecule has 0 aliphatic carbocycles. The summed E-state index contributed by atoms with van der Waals surface area (Å²) in [6, 6.07) is 16.8. The Kier molecular flexibility index (Phi) is 5.84. The number of pyridine rings is 1. The number of nitrogens with two attached hydrogens (primary N) is 1. The molecule has 2 aromatic carbocycles.